The van der Waals surface area contributed by atoms with E-state index < -0.39 is 0 Å². The van der Waals surface area contributed by atoms with E-state index in [-0.39, 0.29) is 5.82 Å². The van der Waals surface area contributed by atoms with Gasteiger partial charge in [-0.1, -0.05) is 24.3 Å². The zero-order valence-corrected chi connectivity index (χ0v) is 12.7. The lowest BCUT2D eigenvalue weighted by Crippen LogP contribution is -2.11. The monoisotopic (exact) mass is 311 g/mol. The van der Waals surface area contributed by atoms with Crippen molar-refractivity contribution in [1.82, 2.24) is 5.32 Å². The topological polar surface area (TPSA) is 34.4 Å². The Balaban J connectivity index is 1.47. The first-order valence-electron chi connectivity index (χ1n) is 7.49. The Kier molecular flexibility index (Phi) is 5.06. The quantitative estimate of drug-likeness (QED) is 0.707. The van der Waals surface area contributed by atoms with Crippen LogP contribution in [0.4, 0.5) is 4.39 Å². The van der Waals surface area contributed by atoms with Crippen molar-refractivity contribution in [1.29, 1.82) is 0 Å². The Morgan fingerprint density at radius 2 is 1.78 bits per heavy atom. The van der Waals surface area contributed by atoms with Crippen LogP contribution in [-0.2, 0) is 19.7 Å². The molecule has 0 bridgehead atoms. The highest BCUT2D eigenvalue weighted by atomic mass is 19.1. The van der Waals surface area contributed by atoms with Crippen molar-refractivity contribution in [2.24, 2.45) is 0 Å². The molecule has 3 nitrogen and oxygen atoms in total. The standard InChI is InChI=1S/C19H18FNO2/c20-17-4-1-3-16(11-17)14-23-18-8-6-15(7-9-18)12-21-13-19-5-2-10-22-19/h1-11,21H,12-14H2. The summed E-state index contributed by atoms with van der Waals surface area (Å²) in [6.07, 6.45) is 1.67. The number of ether oxygens (including phenoxy) is 1. The Bertz CT molecular complexity index is 723. The Labute approximate surface area is 134 Å². The van der Waals surface area contributed by atoms with Gasteiger partial charge in [-0.25, -0.2) is 4.39 Å². The minimum Gasteiger partial charge on any atom is -0.489 e. The van der Waals surface area contributed by atoms with E-state index in [1.807, 2.05) is 42.5 Å². The molecule has 3 aromatic rings. The fraction of sp³-hybridized carbons (Fsp3) is 0.158. The molecule has 2 aromatic carbocycles. The smallest absolute Gasteiger partial charge is 0.123 e. The lowest BCUT2D eigenvalue weighted by Gasteiger charge is -2.08. The summed E-state index contributed by atoms with van der Waals surface area (Å²) in [7, 11) is 0. The van der Waals surface area contributed by atoms with Crippen molar-refractivity contribution in [3.63, 3.8) is 0 Å². The van der Waals surface area contributed by atoms with E-state index in [2.05, 4.69) is 5.32 Å². The molecule has 3 rings (SSSR count). The Morgan fingerprint density at radius 3 is 2.52 bits per heavy atom. The second kappa shape index (κ2) is 7.61. The van der Waals surface area contributed by atoms with Crippen molar-refractivity contribution in [2.45, 2.75) is 19.7 Å². The maximum atomic E-state index is 13.1. The van der Waals surface area contributed by atoms with Crippen LogP contribution in [0.15, 0.2) is 71.3 Å². The maximum absolute atomic E-state index is 13.1. The summed E-state index contributed by atoms with van der Waals surface area (Å²) in [6.45, 7) is 1.81. The molecule has 118 valence electrons. The number of halogens is 1. The van der Waals surface area contributed by atoms with E-state index in [9.17, 15) is 4.39 Å². The first kappa shape index (κ1) is 15.3. The lowest BCUT2D eigenvalue weighted by atomic mass is 10.2. The van der Waals surface area contributed by atoms with Gasteiger partial charge in [-0.2, -0.15) is 0 Å². The second-order valence-corrected chi connectivity index (χ2v) is 5.25. The number of furan rings is 1. The Morgan fingerprint density at radius 1 is 0.913 bits per heavy atom. The summed E-state index contributed by atoms with van der Waals surface area (Å²) in [5.41, 5.74) is 1.98. The second-order valence-electron chi connectivity index (χ2n) is 5.25. The number of rotatable bonds is 7. The molecule has 1 heterocycles. The molecule has 0 spiro atoms. The summed E-state index contributed by atoms with van der Waals surface area (Å²) in [5.74, 6) is 1.44. The molecular weight excluding hydrogens is 293 g/mol. The third-order valence-corrected chi connectivity index (χ3v) is 3.43. The molecule has 0 aliphatic carbocycles. The van der Waals surface area contributed by atoms with Gasteiger partial charge in [-0.3, -0.25) is 0 Å². The van der Waals surface area contributed by atoms with Gasteiger partial charge in [0, 0.05) is 6.54 Å². The molecule has 0 radical (unpaired) electrons. The van der Waals surface area contributed by atoms with E-state index >= 15 is 0 Å². The van der Waals surface area contributed by atoms with Crippen molar-refractivity contribution in [3.05, 3.63) is 89.6 Å². The summed E-state index contributed by atoms with van der Waals surface area (Å²) >= 11 is 0. The summed E-state index contributed by atoms with van der Waals surface area (Å²) in [6, 6.07) is 18.1. The fourth-order valence-electron chi connectivity index (χ4n) is 2.24. The van der Waals surface area contributed by atoms with E-state index in [1.165, 1.54) is 12.1 Å². The number of hydrogen-bond acceptors (Lipinski definition) is 3. The molecule has 0 unspecified atom stereocenters. The minimum atomic E-state index is -0.246. The normalized spacial score (nSPS) is 10.7. The van der Waals surface area contributed by atoms with Crippen LogP contribution in [0.1, 0.15) is 16.9 Å². The van der Waals surface area contributed by atoms with Gasteiger partial charge in [0.25, 0.3) is 0 Å². The van der Waals surface area contributed by atoms with Crippen LogP contribution in [0.2, 0.25) is 0 Å². The summed E-state index contributed by atoms with van der Waals surface area (Å²) < 4.78 is 24.0. The first-order valence-corrected chi connectivity index (χ1v) is 7.49. The maximum Gasteiger partial charge on any atom is 0.123 e. The van der Waals surface area contributed by atoms with Gasteiger partial charge in [0.05, 0.1) is 12.8 Å². The average molecular weight is 311 g/mol. The van der Waals surface area contributed by atoms with Crippen LogP contribution in [0.3, 0.4) is 0 Å². The molecular formula is C19H18FNO2. The third kappa shape index (κ3) is 4.69. The molecule has 0 atom stereocenters. The van der Waals surface area contributed by atoms with E-state index in [0.717, 1.165) is 29.2 Å². The summed E-state index contributed by atoms with van der Waals surface area (Å²) in [5, 5.41) is 3.31. The van der Waals surface area contributed by atoms with Gasteiger partial charge in [0.15, 0.2) is 0 Å². The molecule has 4 heteroatoms. The van der Waals surface area contributed by atoms with E-state index in [0.29, 0.717) is 13.2 Å². The molecule has 1 aromatic heterocycles. The molecule has 0 saturated heterocycles. The average Bonchev–Trinajstić information content (AvgIpc) is 3.08. The Hall–Kier alpha value is -2.59. The number of nitrogens with one attached hydrogen (secondary N) is 1. The number of hydrogen-bond donors (Lipinski definition) is 1. The van der Waals surface area contributed by atoms with Gasteiger partial charge in [-0.05, 0) is 47.5 Å². The first-order chi connectivity index (χ1) is 11.3. The van der Waals surface area contributed by atoms with Crippen molar-refractivity contribution >= 4 is 0 Å². The zero-order chi connectivity index (χ0) is 15.9. The highest BCUT2D eigenvalue weighted by Crippen LogP contribution is 2.15. The fourth-order valence-corrected chi connectivity index (χ4v) is 2.24. The van der Waals surface area contributed by atoms with E-state index in [1.54, 1.807) is 12.3 Å². The van der Waals surface area contributed by atoms with Crippen LogP contribution < -0.4 is 10.1 Å². The van der Waals surface area contributed by atoms with Crippen LogP contribution in [0, 0.1) is 5.82 Å². The highest BCUT2D eigenvalue weighted by Gasteiger charge is 2.00. The van der Waals surface area contributed by atoms with Gasteiger partial charge < -0.3 is 14.5 Å². The SMILES string of the molecule is Fc1cccc(COc2ccc(CNCc3ccco3)cc2)c1. The minimum absolute atomic E-state index is 0.246. The third-order valence-electron chi connectivity index (χ3n) is 3.43. The zero-order valence-electron chi connectivity index (χ0n) is 12.7. The van der Waals surface area contributed by atoms with Gasteiger partial charge in [0.1, 0.15) is 23.9 Å². The lowest BCUT2D eigenvalue weighted by molar-refractivity contribution is 0.305. The predicted octanol–water partition coefficient (Wildman–Crippen LogP) is 4.29. The van der Waals surface area contributed by atoms with Gasteiger partial charge in [0.2, 0.25) is 0 Å². The van der Waals surface area contributed by atoms with Crippen LogP contribution in [0.25, 0.3) is 0 Å². The summed E-state index contributed by atoms with van der Waals surface area (Å²) in [4.78, 5) is 0. The number of benzene rings is 2. The molecule has 0 aliphatic heterocycles. The van der Waals surface area contributed by atoms with Crippen LogP contribution in [-0.4, -0.2) is 0 Å². The van der Waals surface area contributed by atoms with Crippen LogP contribution in [0.5, 0.6) is 5.75 Å². The van der Waals surface area contributed by atoms with Crippen molar-refractivity contribution in [3.8, 4) is 5.75 Å². The van der Waals surface area contributed by atoms with E-state index in [4.69, 9.17) is 9.15 Å². The molecule has 0 amide bonds. The molecule has 23 heavy (non-hydrogen) atoms. The van der Waals surface area contributed by atoms with Gasteiger partial charge in [-0.15, -0.1) is 0 Å². The van der Waals surface area contributed by atoms with Crippen molar-refractivity contribution < 1.29 is 13.5 Å². The predicted molar refractivity (Wildman–Crippen MR) is 86.4 cm³/mol. The molecule has 1 N–H and O–H groups in total. The van der Waals surface area contributed by atoms with Gasteiger partial charge >= 0.3 is 0 Å². The molecule has 0 aliphatic rings. The molecule has 0 saturated carbocycles. The molecule has 0 fully saturated rings. The van der Waals surface area contributed by atoms with Crippen LogP contribution >= 0.6 is 0 Å². The van der Waals surface area contributed by atoms with Crippen molar-refractivity contribution in [2.75, 3.05) is 0 Å². The largest absolute Gasteiger partial charge is 0.489 e. The highest BCUT2D eigenvalue weighted by molar-refractivity contribution is 5.27.